The zero-order valence-electron chi connectivity index (χ0n) is 10.3. The first-order valence-corrected chi connectivity index (χ1v) is 6.97. The molecule has 0 amide bonds. The number of hydrogen-bond acceptors (Lipinski definition) is 2. The van der Waals surface area contributed by atoms with Crippen molar-refractivity contribution >= 4 is 5.78 Å². The van der Waals surface area contributed by atoms with Gasteiger partial charge in [0.15, 0.2) is 0 Å². The van der Waals surface area contributed by atoms with Crippen LogP contribution in [0.4, 0.5) is 0 Å². The molecule has 0 spiro atoms. The second-order valence-corrected chi connectivity index (χ2v) is 6.25. The molecule has 2 bridgehead atoms. The van der Waals surface area contributed by atoms with Gasteiger partial charge in [0.25, 0.3) is 0 Å². The lowest BCUT2D eigenvalue weighted by Gasteiger charge is -2.30. The molecule has 0 saturated heterocycles. The minimum absolute atomic E-state index is 0.263. The Morgan fingerprint density at radius 3 is 2.69 bits per heavy atom. The highest BCUT2D eigenvalue weighted by molar-refractivity contribution is 5.85. The highest BCUT2D eigenvalue weighted by atomic mass is 16.1. The van der Waals surface area contributed by atoms with Gasteiger partial charge in [-0.25, -0.2) is 0 Å². The maximum atomic E-state index is 11.7. The maximum Gasteiger partial charge on any atom is 0.149 e. The molecule has 3 saturated carbocycles. The zero-order valence-corrected chi connectivity index (χ0v) is 10.3. The van der Waals surface area contributed by atoms with Gasteiger partial charge in [-0.15, -0.1) is 0 Å². The van der Waals surface area contributed by atoms with Crippen molar-refractivity contribution in [1.29, 1.82) is 0 Å². The van der Waals surface area contributed by atoms with Crippen LogP contribution in [0.1, 0.15) is 44.9 Å². The molecular formula is C14H23NO. The van der Waals surface area contributed by atoms with E-state index in [-0.39, 0.29) is 6.04 Å². The van der Waals surface area contributed by atoms with Crippen molar-refractivity contribution in [3.05, 3.63) is 0 Å². The number of nitrogens with zero attached hydrogens (tertiary/aromatic N) is 1. The van der Waals surface area contributed by atoms with Gasteiger partial charge >= 0.3 is 0 Å². The molecule has 0 aromatic heterocycles. The van der Waals surface area contributed by atoms with Crippen molar-refractivity contribution in [2.45, 2.75) is 51.0 Å². The monoisotopic (exact) mass is 221 g/mol. The van der Waals surface area contributed by atoms with E-state index in [9.17, 15) is 4.79 Å². The Kier molecular flexibility index (Phi) is 2.78. The minimum atomic E-state index is 0.263. The van der Waals surface area contributed by atoms with E-state index < -0.39 is 0 Å². The second kappa shape index (κ2) is 4.14. The van der Waals surface area contributed by atoms with Crippen molar-refractivity contribution in [3.63, 3.8) is 0 Å². The smallest absolute Gasteiger partial charge is 0.149 e. The third kappa shape index (κ3) is 1.81. The lowest BCUT2D eigenvalue weighted by molar-refractivity contribution is -0.121. The number of carbonyl (C=O) groups is 1. The Labute approximate surface area is 98.4 Å². The Hall–Kier alpha value is -0.370. The maximum absolute atomic E-state index is 11.7. The van der Waals surface area contributed by atoms with Crippen molar-refractivity contribution in [3.8, 4) is 0 Å². The molecule has 0 aromatic carbocycles. The summed E-state index contributed by atoms with van der Waals surface area (Å²) in [5.41, 5.74) is 0. The molecule has 3 fully saturated rings. The van der Waals surface area contributed by atoms with Crippen LogP contribution in [0.2, 0.25) is 0 Å². The number of carbonyl (C=O) groups excluding carboxylic acids is 1. The number of likely N-dealkylation sites (N-methyl/N-ethyl adjacent to an activating group) is 1. The van der Waals surface area contributed by atoms with Gasteiger partial charge in [0, 0.05) is 13.0 Å². The number of Topliss-reactive ketones (excluding diaryl/α,β-unsaturated/α-hetero) is 1. The summed E-state index contributed by atoms with van der Waals surface area (Å²) in [6.07, 6.45) is 8.91. The number of hydrogen-bond donors (Lipinski definition) is 0. The first-order valence-electron chi connectivity index (χ1n) is 6.97. The van der Waals surface area contributed by atoms with Crippen LogP contribution in [0.3, 0.4) is 0 Å². The molecule has 4 unspecified atom stereocenters. The highest BCUT2D eigenvalue weighted by Crippen LogP contribution is 2.48. The van der Waals surface area contributed by atoms with Crippen LogP contribution >= 0.6 is 0 Å². The molecule has 4 atom stereocenters. The topological polar surface area (TPSA) is 20.3 Å². The zero-order chi connectivity index (χ0) is 11.1. The fraction of sp³-hybridized carbons (Fsp3) is 0.929. The van der Waals surface area contributed by atoms with E-state index >= 15 is 0 Å². The fourth-order valence-electron chi connectivity index (χ4n) is 4.36. The van der Waals surface area contributed by atoms with E-state index in [1.165, 1.54) is 32.2 Å². The SMILES string of the molecule is CN(CC1CC2CCC1C2)C1CCCC1=O. The molecule has 0 aliphatic heterocycles. The molecule has 0 aromatic rings. The molecule has 0 N–H and O–H groups in total. The van der Waals surface area contributed by atoms with Crippen LogP contribution in [0.25, 0.3) is 0 Å². The molecule has 3 aliphatic rings. The summed E-state index contributed by atoms with van der Waals surface area (Å²) >= 11 is 0. The third-order valence-electron chi connectivity index (χ3n) is 5.21. The molecule has 90 valence electrons. The van der Waals surface area contributed by atoms with Crippen molar-refractivity contribution in [1.82, 2.24) is 4.90 Å². The van der Waals surface area contributed by atoms with E-state index in [1.54, 1.807) is 0 Å². The lowest BCUT2D eigenvalue weighted by atomic mass is 9.88. The molecular weight excluding hydrogens is 198 g/mol. The van der Waals surface area contributed by atoms with Gasteiger partial charge in [-0.1, -0.05) is 6.42 Å². The van der Waals surface area contributed by atoms with E-state index in [4.69, 9.17) is 0 Å². The molecule has 16 heavy (non-hydrogen) atoms. The van der Waals surface area contributed by atoms with Gasteiger partial charge in [0.05, 0.1) is 6.04 Å². The van der Waals surface area contributed by atoms with E-state index in [0.29, 0.717) is 5.78 Å². The largest absolute Gasteiger partial charge is 0.298 e. The summed E-state index contributed by atoms with van der Waals surface area (Å²) in [7, 11) is 2.17. The van der Waals surface area contributed by atoms with Gasteiger partial charge < -0.3 is 0 Å². The Bertz CT molecular complexity index is 288. The number of ketones is 1. The second-order valence-electron chi connectivity index (χ2n) is 6.25. The quantitative estimate of drug-likeness (QED) is 0.729. The summed E-state index contributed by atoms with van der Waals surface area (Å²) in [5, 5.41) is 0. The first kappa shape index (κ1) is 10.8. The van der Waals surface area contributed by atoms with Crippen LogP contribution in [-0.2, 0) is 4.79 Å². The van der Waals surface area contributed by atoms with Crippen molar-refractivity contribution in [2.75, 3.05) is 13.6 Å². The Balaban J connectivity index is 1.56. The fourth-order valence-corrected chi connectivity index (χ4v) is 4.36. The third-order valence-corrected chi connectivity index (χ3v) is 5.21. The average Bonchev–Trinajstić information content (AvgIpc) is 2.92. The Morgan fingerprint density at radius 1 is 1.25 bits per heavy atom. The summed E-state index contributed by atoms with van der Waals surface area (Å²) < 4.78 is 0. The highest BCUT2D eigenvalue weighted by Gasteiger charge is 2.40. The summed E-state index contributed by atoms with van der Waals surface area (Å²) in [6.45, 7) is 1.18. The summed E-state index contributed by atoms with van der Waals surface area (Å²) in [6, 6.07) is 0.263. The predicted octanol–water partition coefficient (Wildman–Crippen LogP) is 2.48. The average molecular weight is 221 g/mol. The number of rotatable bonds is 3. The van der Waals surface area contributed by atoms with Gasteiger partial charge in [0.1, 0.15) is 5.78 Å². The molecule has 2 nitrogen and oxygen atoms in total. The number of fused-ring (bicyclic) bond motifs is 2. The normalized spacial score (nSPS) is 42.5. The minimum Gasteiger partial charge on any atom is -0.298 e. The van der Waals surface area contributed by atoms with Crippen LogP contribution < -0.4 is 0 Å². The van der Waals surface area contributed by atoms with E-state index in [2.05, 4.69) is 11.9 Å². The molecule has 3 rings (SSSR count). The van der Waals surface area contributed by atoms with Crippen LogP contribution in [-0.4, -0.2) is 30.3 Å². The van der Waals surface area contributed by atoms with Crippen LogP contribution in [0.15, 0.2) is 0 Å². The van der Waals surface area contributed by atoms with Gasteiger partial charge in [0.2, 0.25) is 0 Å². The van der Waals surface area contributed by atoms with Crippen molar-refractivity contribution in [2.24, 2.45) is 17.8 Å². The molecule has 2 heteroatoms. The van der Waals surface area contributed by atoms with Gasteiger partial charge in [-0.3, -0.25) is 9.69 Å². The lowest BCUT2D eigenvalue weighted by Crippen LogP contribution is -2.39. The van der Waals surface area contributed by atoms with Crippen LogP contribution in [0.5, 0.6) is 0 Å². The first-order chi connectivity index (χ1) is 7.74. The standard InChI is InChI=1S/C14H23NO/c1-15(13-3-2-4-14(13)16)9-12-8-10-5-6-11(12)7-10/h10-13H,2-9H2,1H3. The summed E-state index contributed by atoms with van der Waals surface area (Å²) in [5.74, 6) is 3.41. The Morgan fingerprint density at radius 2 is 2.12 bits per heavy atom. The van der Waals surface area contributed by atoms with E-state index in [0.717, 1.165) is 37.0 Å². The molecule has 3 aliphatic carbocycles. The molecule has 0 radical (unpaired) electrons. The summed E-state index contributed by atoms with van der Waals surface area (Å²) in [4.78, 5) is 14.1. The molecule has 0 heterocycles. The van der Waals surface area contributed by atoms with Gasteiger partial charge in [-0.05, 0) is 56.9 Å². The van der Waals surface area contributed by atoms with E-state index in [1.807, 2.05) is 0 Å². The van der Waals surface area contributed by atoms with Crippen molar-refractivity contribution < 1.29 is 4.79 Å². The van der Waals surface area contributed by atoms with Crippen LogP contribution in [0, 0.1) is 17.8 Å². The van der Waals surface area contributed by atoms with Gasteiger partial charge in [-0.2, -0.15) is 0 Å². The predicted molar refractivity (Wildman–Crippen MR) is 64.2 cm³/mol.